The third-order valence-electron chi connectivity index (χ3n) is 4.00. The molecule has 0 aliphatic carbocycles. The Morgan fingerprint density at radius 3 is 3.00 bits per heavy atom. The summed E-state index contributed by atoms with van der Waals surface area (Å²) in [6.45, 7) is 2.89. The summed E-state index contributed by atoms with van der Waals surface area (Å²) in [5.41, 5.74) is 1.85. The third kappa shape index (κ3) is 1.90. The molecule has 1 atom stereocenters. The SMILES string of the molecule is CN1CCCC(N2Cc3ccc(F)cc3C2=N)C1. The lowest BCUT2D eigenvalue weighted by molar-refractivity contribution is 0.165. The van der Waals surface area contributed by atoms with E-state index in [0.29, 0.717) is 11.9 Å². The van der Waals surface area contributed by atoms with Crippen LogP contribution in [0.25, 0.3) is 0 Å². The number of likely N-dealkylation sites (tertiary alicyclic amines) is 1. The van der Waals surface area contributed by atoms with E-state index in [2.05, 4.69) is 16.8 Å². The Bertz CT molecular complexity index is 486. The molecule has 0 radical (unpaired) electrons. The van der Waals surface area contributed by atoms with Crippen LogP contribution in [0.1, 0.15) is 24.0 Å². The van der Waals surface area contributed by atoms with Gasteiger partial charge in [-0.3, -0.25) is 5.41 Å². The van der Waals surface area contributed by atoms with Gasteiger partial charge in [-0.15, -0.1) is 0 Å². The van der Waals surface area contributed by atoms with Gasteiger partial charge in [-0.2, -0.15) is 0 Å². The highest BCUT2D eigenvalue weighted by atomic mass is 19.1. The first-order valence-electron chi connectivity index (χ1n) is 6.47. The van der Waals surface area contributed by atoms with Crippen LogP contribution in [0, 0.1) is 11.2 Å². The van der Waals surface area contributed by atoms with Crippen LogP contribution in [-0.2, 0) is 6.54 Å². The van der Waals surface area contributed by atoms with Gasteiger partial charge in [-0.1, -0.05) is 6.07 Å². The fourth-order valence-electron chi connectivity index (χ4n) is 3.03. The predicted octanol–water partition coefficient (Wildman–Crippen LogP) is 2.06. The second-order valence-electron chi connectivity index (χ2n) is 5.34. The highest BCUT2D eigenvalue weighted by Crippen LogP contribution is 2.28. The summed E-state index contributed by atoms with van der Waals surface area (Å²) in [6, 6.07) is 5.19. The van der Waals surface area contributed by atoms with E-state index < -0.39 is 0 Å². The zero-order chi connectivity index (χ0) is 12.7. The van der Waals surface area contributed by atoms with Crippen LogP contribution in [-0.4, -0.2) is 41.8 Å². The number of halogens is 1. The van der Waals surface area contributed by atoms with Crippen LogP contribution in [0.3, 0.4) is 0 Å². The number of nitrogens with one attached hydrogen (secondary N) is 1. The normalized spacial score (nSPS) is 24.4. The molecular weight excluding hydrogens is 229 g/mol. The highest BCUT2D eigenvalue weighted by Gasteiger charge is 2.32. The summed E-state index contributed by atoms with van der Waals surface area (Å²) < 4.78 is 13.2. The van der Waals surface area contributed by atoms with Crippen LogP contribution in [0.2, 0.25) is 0 Å². The van der Waals surface area contributed by atoms with E-state index in [-0.39, 0.29) is 5.82 Å². The van der Waals surface area contributed by atoms with Crippen molar-refractivity contribution in [1.29, 1.82) is 5.41 Å². The largest absolute Gasteiger partial charge is 0.348 e. The van der Waals surface area contributed by atoms with Gasteiger partial charge in [-0.05, 0) is 44.1 Å². The number of benzene rings is 1. The molecule has 1 aromatic carbocycles. The number of piperidine rings is 1. The van der Waals surface area contributed by atoms with E-state index in [0.717, 1.165) is 37.2 Å². The van der Waals surface area contributed by atoms with Crippen LogP contribution >= 0.6 is 0 Å². The van der Waals surface area contributed by atoms with Crippen molar-refractivity contribution in [3.8, 4) is 0 Å². The molecule has 1 unspecified atom stereocenters. The van der Waals surface area contributed by atoms with Gasteiger partial charge < -0.3 is 9.80 Å². The molecule has 1 saturated heterocycles. The maximum absolute atomic E-state index is 13.2. The average Bonchev–Trinajstić information content (AvgIpc) is 2.67. The van der Waals surface area contributed by atoms with Crippen molar-refractivity contribution in [2.24, 2.45) is 0 Å². The van der Waals surface area contributed by atoms with Gasteiger partial charge >= 0.3 is 0 Å². The van der Waals surface area contributed by atoms with E-state index >= 15 is 0 Å². The second-order valence-corrected chi connectivity index (χ2v) is 5.34. The lowest BCUT2D eigenvalue weighted by atomic mass is 10.0. The Hall–Kier alpha value is -1.42. The molecule has 4 heteroatoms. The summed E-state index contributed by atoms with van der Waals surface area (Å²) in [5, 5.41) is 8.23. The number of likely N-dealkylation sites (N-methyl/N-ethyl adjacent to an activating group) is 1. The van der Waals surface area contributed by atoms with Crippen molar-refractivity contribution in [3.63, 3.8) is 0 Å². The van der Waals surface area contributed by atoms with E-state index in [4.69, 9.17) is 5.41 Å². The summed E-state index contributed by atoms with van der Waals surface area (Å²) in [7, 11) is 2.12. The van der Waals surface area contributed by atoms with Gasteiger partial charge in [0.15, 0.2) is 0 Å². The molecule has 0 aromatic heterocycles. The second kappa shape index (κ2) is 4.35. The standard InChI is InChI=1S/C14H18FN3/c1-17-6-2-3-12(9-17)18-8-10-4-5-11(15)7-13(10)14(18)16/h4-5,7,12,16H,2-3,6,8-9H2,1H3. The van der Waals surface area contributed by atoms with Crippen molar-refractivity contribution in [2.75, 3.05) is 20.1 Å². The molecule has 2 aliphatic heterocycles. The fraction of sp³-hybridized carbons (Fsp3) is 0.500. The highest BCUT2D eigenvalue weighted by molar-refractivity contribution is 6.00. The summed E-state index contributed by atoms with van der Waals surface area (Å²) in [4.78, 5) is 4.44. The van der Waals surface area contributed by atoms with E-state index in [9.17, 15) is 4.39 Å². The quantitative estimate of drug-likeness (QED) is 0.823. The molecule has 2 aliphatic rings. The molecule has 2 heterocycles. The smallest absolute Gasteiger partial charge is 0.129 e. The number of fused-ring (bicyclic) bond motifs is 1. The van der Waals surface area contributed by atoms with Gasteiger partial charge in [0.25, 0.3) is 0 Å². The minimum Gasteiger partial charge on any atom is -0.348 e. The zero-order valence-electron chi connectivity index (χ0n) is 10.6. The molecule has 96 valence electrons. The van der Waals surface area contributed by atoms with Crippen molar-refractivity contribution in [1.82, 2.24) is 9.80 Å². The molecule has 0 amide bonds. The Morgan fingerprint density at radius 2 is 2.22 bits per heavy atom. The van der Waals surface area contributed by atoms with Gasteiger partial charge in [0.1, 0.15) is 11.7 Å². The number of hydrogen-bond donors (Lipinski definition) is 1. The van der Waals surface area contributed by atoms with Crippen LogP contribution in [0.15, 0.2) is 18.2 Å². The van der Waals surface area contributed by atoms with Gasteiger partial charge in [-0.25, -0.2) is 4.39 Å². The van der Waals surface area contributed by atoms with Gasteiger partial charge in [0.2, 0.25) is 0 Å². The minimum absolute atomic E-state index is 0.249. The summed E-state index contributed by atoms with van der Waals surface area (Å²) in [6.07, 6.45) is 2.30. The van der Waals surface area contributed by atoms with Crippen LogP contribution in [0.5, 0.6) is 0 Å². The van der Waals surface area contributed by atoms with E-state index in [1.54, 1.807) is 0 Å². The molecule has 1 fully saturated rings. The number of nitrogens with zero attached hydrogens (tertiary/aromatic N) is 2. The first-order chi connectivity index (χ1) is 8.65. The third-order valence-corrected chi connectivity index (χ3v) is 4.00. The Labute approximate surface area is 107 Å². The molecule has 0 spiro atoms. The number of amidine groups is 1. The lowest BCUT2D eigenvalue weighted by Gasteiger charge is -2.36. The fourth-order valence-corrected chi connectivity index (χ4v) is 3.03. The van der Waals surface area contributed by atoms with E-state index in [1.165, 1.54) is 18.6 Å². The Balaban J connectivity index is 1.83. The summed E-state index contributed by atoms with van der Waals surface area (Å²) >= 11 is 0. The minimum atomic E-state index is -0.249. The lowest BCUT2D eigenvalue weighted by Crippen LogP contribution is -2.46. The Kier molecular flexibility index (Phi) is 2.82. The monoisotopic (exact) mass is 247 g/mol. The zero-order valence-corrected chi connectivity index (χ0v) is 10.6. The maximum atomic E-state index is 13.2. The molecule has 1 aromatic rings. The average molecular weight is 247 g/mol. The predicted molar refractivity (Wildman–Crippen MR) is 69.3 cm³/mol. The first-order valence-corrected chi connectivity index (χ1v) is 6.47. The van der Waals surface area contributed by atoms with Crippen molar-refractivity contribution in [2.45, 2.75) is 25.4 Å². The number of hydrogen-bond acceptors (Lipinski definition) is 2. The molecule has 3 nitrogen and oxygen atoms in total. The molecule has 0 bridgehead atoms. The maximum Gasteiger partial charge on any atom is 0.129 e. The molecular formula is C14H18FN3. The van der Waals surface area contributed by atoms with Crippen LogP contribution in [0.4, 0.5) is 4.39 Å². The molecule has 18 heavy (non-hydrogen) atoms. The van der Waals surface area contributed by atoms with E-state index in [1.807, 2.05) is 6.07 Å². The summed E-state index contributed by atoms with van der Waals surface area (Å²) in [5.74, 6) is 0.242. The molecule has 1 N–H and O–H groups in total. The molecule has 3 rings (SSSR count). The topological polar surface area (TPSA) is 30.3 Å². The molecule has 0 saturated carbocycles. The van der Waals surface area contributed by atoms with Crippen LogP contribution < -0.4 is 0 Å². The number of rotatable bonds is 1. The van der Waals surface area contributed by atoms with Crippen molar-refractivity contribution >= 4 is 5.84 Å². The van der Waals surface area contributed by atoms with Gasteiger partial charge in [0.05, 0.1) is 0 Å². The Morgan fingerprint density at radius 1 is 1.39 bits per heavy atom. The van der Waals surface area contributed by atoms with Crippen molar-refractivity contribution < 1.29 is 4.39 Å². The van der Waals surface area contributed by atoms with Gasteiger partial charge in [0, 0.05) is 24.7 Å². The first kappa shape index (κ1) is 11.7. The van der Waals surface area contributed by atoms with Crippen molar-refractivity contribution in [3.05, 3.63) is 35.1 Å².